The highest BCUT2D eigenvalue weighted by atomic mass is 79.9. The van der Waals surface area contributed by atoms with Gasteiger partial charge in [-0.2, -0.15) is 5.10 Å². The molecule has 80 valence electrons. The summed E-state index contributed by atoms with van der Waals surface area (Å²) in [5.41, 5.74) is 8.25. The maximum absolute atomic E-state index is 6.17. The standard InChI is InChI=1S/C9H9Br2N3S/c1-14-6(2-3-13-14)8(12)5-4-7(10)15-9(5)11/h2-4,8H,12H2,1H3. The Morgan fingerprint density at radius 1 is 1.53 bits per heavy atom. The van der Waals surface area contributed by atoms with E-state index in [1.807, 2.05) is 19.2 Å². The summed E-state index contributed by atoms with van der Waals surface area (Å²) >= 11 is 8.57. The number of aromatic nitrogens is 2. The van der Waals surface area contributed by atoms with Crippen molar-refractivity contribution < 1.29 is 0 Å². The number of nitrogens with two attached hydrogens (primary N) is 1. The average molecular weight is 351 g/mol. The van der Waals surface area contributed by atoms with Crippen LogP contribution in [0.25, 0.3) is 0 Å². The summed E-state index contributed by atoms with van der Waals surface area (Å²) in [6.07, 6.45) is 1.75. The number of thiophene rings is 1. The summed E-state index contributed by atoms with van der Waals surface area (Å²) in [5.74, 6) is 0. The number of halogens is 2. The van der Waals surface area contributed by atoms with Crippen molar-refractivity contribution in [3.8, 4) is 0 Å². The molecular weight excluding hydrogens is 342 g/mol. The predicted molar refractivity (Wildman–Crippen MR) is 69.0 cm³/mol. The van der Waals surface area contributed by atoms with Gasteiger partial charge in [-0.05, 0) is 44.0 Å². The van der Waals surface area contributed by atoms with Crippen LogP contribution in [0.4, 0.5) is 0 Å². The molecule has 2 rings (SSSR count). The SMILES string of the molecule is Cn1nccc1C(N)c1cc(Br)sc1Br. The molecule has 2 N–H and O–H groups in total. The van der Waals surface area contributed by atoms with Gasteiger partial charge < -0.3 is 5.73 Å². The van der Waals surface area contributed by atoms with Gasteiger partial charge in [-0.15, -0.1) is 11.3 Å². The Labute approximate surface area is 109 Å². The van der Waals surface area contributed by atoms with Gasteiger partial charge in [0.15, 0.2) is 0 Å². The van der Waals surface area contributed by atoms with E-state index in [2.05, 4.69) is 37.0 Å². The van der Waals surface area contributed by atoms with E-state index < -0.39 is 0 Å². The molecule has 2 aromatic heterocycles. The first-order valence-electron chi connectivity index (χ1n) is 4.28. The number of hydrogen-bond donors (Lipinski definition) is 1. The van der Waals surface area contributed by atoms with E-state index in [-0.39, 0.29) is 6.04 Å². The molecule has 0 amide bonds. The number of rotatable bonds is 2. The molecule has 0 aromatic carbocycles. The normalized spacial score (nSPS) is 13.1. The van der Waals surface area contributed by atoms with Crippen LogP contribution in [-0.2, 0) is 7.05 Å². The molecule has 0 fully saturated rings. The van der Waals surface area contributed by atoms with Crippen molar-refractivity contribution in [3.63, 3.8) is 0 Å². The summed E-state index contributed by atoms with van der Waals surface area (Å²) < 4.78 is 3.92. The molecular formula is C9H9Br2N3S. The summed E-state index contributed by atoms with van der Waals surface area (Å²) in [6, 6.07) is 3.82. The fourth-order valence-electron chi connectivity index (χ4n) is 1.41. The Kier molecular flexibility index (Phi) is 3.30. The predicted octanol–water partition coefficient (Wildman–Crippen LogP) is 3.05. The Morgan fingerprint density at radius 3 is 2.73 bits per heavy atom. The van der Waals surface area contributed by atoms with E-state index >= 15 is 0 Å². The van der Waals surface area contributed by atoms with Crippen LogP contribution in [0.5, 0.6) is 0 Å². The third-order valence-corrected chi connectivity index (χ3v) is 4.58. The first-order valence-corrected chi connectivity index (χ1v) is 6.68. The van der Waals surface area contributed by atoms with E-state index in [1.165, 1.54) is 0 Å². The van der Waals surface area contributed by atoms with E-state index in [0.29, 0.717) is 0 Å². The third kappa shape index (κ3) is 2.18. The molecule has 15 heavy (non-hydrogen) atoms. The summed E-state index contributed by atoms with van der Waals surface area (Å²) in [6.45, 7) is 0. The first-order chi connectivity index (χ1) is 7.09. The molecule has 3 nitrogen and oxygen atoms in total. The van der Waals surface area contributed by atoms with Gasteiger partial charge in [0.25, 0.3) is 0 Å². The quantitative estimate of drug-likeness (QED) is 0.904. The lowest BCUT2D eigenvalue weighted by molar-refractivity contribution is 0.673. The molecule has 0 bridgehead atoms. The van der Waals surface area contributed by atoms with Gasteiger partial charge in [0, 0.05) is 18.8 Å². The fraction of sp³-hybridized carbons (Fsp3) is 0.222. The highest BCUT2D eigenvalue weighted by Crippen LogP contribution is 2.36. The smallest absolute Gasteiger partial charge is 0.0762 e. The van der Waals surface area contributed by atoms with Crippen molar-refractivity contribution in [1.29, 1.82) is 0 Å². The molecule has 0 aliphatic heterocycles. The van der Waals surface area contributed by atoms with Crippen molar-refractivity contribution in [1.82, 2.24) is 9.78 Å². The zero-order valence-electron chi connectivity index (χ0n) is 7.95. The van der Waals surface area contributed by atoms with Crippen molar-refractivity contribution in [3.05, 3.63) is 37.2 Å². The Hall–Kier alpha value is -0.170. The molecule has 2 aromatic rings. The number of aryl methyl sites for hydroxylation is 1. The van der Waals surface area contributed by atoms with E-state index in [4.69, 9.17) is 5.73 Å². The van der Waals surface area contributed by atoms with Crippen LogP contribution in [0.2, 0.25) is 0 Å². The van der Waals surface area contributed by atoms with Gasteiger partial charge in [0.2, 0.25) is 0 Å². The number of hydrogen-bond acceptors (Lipinski definition) is 3. The van der Waals surface area contributed by atoms with Crippen LogP contribution in [0, 0.1) is 0 Å². The van der Waals surface area contributed by atoms with Crippen molar-refractivity contribution in [2.45, 2.75) is 6.04 Å². The zero-order chi connectivity index (χ0) is 11.0. The Morgan fingerprint density at radius 2 is 2.27 bits per heavy atom. The lowest BCUT2D eigenvalue weighted by Crippen LogP contribution is -2.15. The van der Waals surface area contributed by atoms with Crippen molar-refractivity contribution in [2.75, 3.05) is 0 Å². The van der Waals surface area contributed by atoms with Crippen LogP contribution < -0.4 is 5.73 Å². The minimum absolute atomic E-state index is 0.144. The molecule has 0 radical (unpaired) electrons. The van der Waals surface area contributed by atoms with Gasteiger partial charge in [0.05, 0.1) is 19.3 Å². The highest BCUT2D eigenvalue weighted by Gasteiger charge is 2.17. The molecule has 1 unspecified atom stereocenters. The van der Waals surface area contributed by atoms with Crippen molar-refractivity contribution >= 4 is 43.2 Å². The maximum atomic E-state index is 6.17. The summed E-state index contributed by atoms with van der Waals surface area (Å²) in [7, 11) is 1.89. The second kappa shape index (κ2) is 4.37. The van der Waals surface area contributed by atoms with Crippen molar-refractivity contribution in [2.24, 2.45) is 12.8 Å². The molecule has 0 saturated carbocycles. The Bertz CT molecular complexity index is 477. The van der Waals surface area contributed by atoms with E-state index in [0.717, 1.165) is 18.8 Å². The van der Waals surface area contributed by atoms with Crippen LogP contribution in [0.15, 0.2) is 25.9 Å². The van der Waals surface area contributed by atoms with Gasteiger partial charge >= 0.3 is 0 Å². The molecule has 6 heteroatoms. The summed E-state index contributed by atoms with van der Waals surface area (Å²) in [4.78, 5) is 0. The molecule has 0 saturated heterocycles. The molecule has 2 heterocycles. The molecule has 0 aliphatic rings. The lowest BCUT2D eigenvalue weighted by Gasteiger charge is -2.10. The molecule has 0 aliphatic carbocycles. The van der Waals surface area contributed by atoms with Gasteiger partial charge in [-0.1, -0.05) is 0 Å². The van der Waals surface area contributed by atoms with Crippen LogP contribution >= 0.6 is 43.2 Å². The molecule has 1 atom stereocenters. The first kappa shape index (κ1) is 11.3. The van der Waals surface area contributed by atoms with E-state index in [9.17, 15) is 0 Å². The zero-order valence-corrected chi connectivity index (χ0v) is 11.9. The second-order valence-electron chi connectivity index (χ2n) is 3.14. The fourth-order valence-corrected chi connectivity index (χ4v) is 4.34. The topological polar surface area (TPSA) is 43.8 Å². The highest BCUT2D eigenvalue weighted by molar-refractivity contribution is 9.12. The third-order valence-electron chi connectivity index (χ3n) is 2.20. The van der Waals surface area contributed by atoms with Gasteiger partial charge in [-0.3, -0.25) is 4.68 Å². The maximum Gasteiger partial charge on any atom is 0.0762 e. The molecule has 0 spiro atoms. The van der Waals surface area contributed by atoms with Crippen LogP contribution in [0.1, 0.15) is 17.3 Å². The van der Waals surface area contributed by atoms with Gasteiger partial charge in [0.1, 0.15) is 0 Å². The van der Waals surface area contributed by atoms with Crippen LogP contribution in [-0.4, -0.2) is 9.78 Å². The summed E-state index contributed by atoms with van der Waals surface area (Å²) in [5, 5.41) is 4.11. The lowest BCUT2D eigenvalue weighted by atomic mass is 10.1. The number of nitrogens with zero attached hydrogens (tertiary/aromatic N) is 2. The van der Waals surface area contributed by atoms with Gasteiger partial charge in [-0.25, -0.2) is 0 Å². The van der Waals surface area contributed by atoms with Crippen LogP contribution in [0.3, 0.4) is 0 Å². The average Bonchev–Trinajstić information content (AvgIpc) is 2.71. The minimum Gasteiger partial charge on any atom is -0.319 e. The second-order valence-corrected chi connectivity index (χ2v) is 6.89. The minimum atomic E-state index is -0.144. The monoisotopic (exact) mass is 349 g/mol. The largest absolute Gasteiger partial charge is 0.319 e. The Balaban J connectivity index is 2.40. The van der Waals surface area contributed by atoms with E-state index in [1.54, 1.807) is 22.2 Å².